The van der Waals surface area contributed by atoms with Gasteiger partial charge in [-0.3, -0.25) is 9.88 Å². The summed E-state index contributed by atoms with van der Waals surface area (Å²) in [6.07, 6.45) is -1.74. The van der Waals surface area contributed by atoms with Gasteiger partial charge in [-0.05, 0) is 62.3 Å². The fraction of sp³-hybridized carbons (Fsp3) is 0.300. The minimum Gasteiger partial charge on any atom is -0.338 e. The number of hydrogen-bond donors (Lipinski definition) is 1. The van der Waals surface area contributed by atoms with Gasteiger partial charge in [0.25, 0.3) is 0 Å². The van der Waals surface area contributed by atoms with Crippen LogP contribution in [0.4, 0.5) is 37.8 Å². The highest BCUT2D eigenvalue weighted by atomic mass is 19.4. The van der Waals surface area contributed by atoms with Crippen molar-refractivity contribution in [1.82, 2.24) is 34.4 Å². The number of halogens is 6. The van der Waals surface area contributed by atoms with E-state index in [1.165, 1.54) is 30.5 Å². The molecule has 5 aromatic rings. The van der Waals surface area contributed by atoms with Gasteiger partial charge in [0.05, 0.1) is 35.2 Å². The lowest BCUT2D eigenvalue weighted by Crippen LogP contribution is -2.33. The summed E-state index contributed by atoms with van der Waals surface area (Å²) in [7, 11) is 1.94. The number of benzene rings is 1. The van der Waals surface area contributed by atoms with E-state index in [-0.39, 0.29) is 22.9 Å². The van der Waals surface area contributed by atoms with Crippen LogP contribution in [0.25, 0.3) is 22.2 Å². The van der Waals surface area contributed by atoms with E-state index in [0.29, 0.717) is 29.1 Å². The molecule has 1 aliphatic heterocycles. The molecule has 1 fully saturated rings. The van der Waals surface area contributed by atoms with Crippen molar-refractivity contribution in [3.8, 4) is 11.3 Å². The Labute approximate surface area is 247 Å². The van der Waals surface area contributed by atoms with Crippen molar-refractivity contribution in [2.75, 3.05) is 18.4 Å². The van der Waals surface area contributed by atoms with Crippen LogP contribution in [0, 0.1) is 0 Å². The van der Waals surface area contributed by atoms with Gasteiger partial charge >= 0.3 is 12.4 Å². The Morgan fingerprint density at radius 2 is 1.68 bits per heavy atom. The number of piperidine rings is 1. The molecule has 0 aliphatic carbocycles. The molecule has 228 valence electrons. The van der Waals surface area contributed by atoms with Crippen LogP contribution in [0.3, 0.4) is 0 Å². The second kappa shape index (κ2) is 11.5. The van der Waals surface area contributed by atoms with Gasteiger partial charge in [-0.2, -0.15) is 26.3 Å². The maximum Gasteiger partial charge on any atom is 0.433 e. The van der Waals surface area contributed by atoms with Crippen LogP contribution in [0.2, 0.25) is 0 Å². The summed E-state index contributed by atoms with van der Waals surface area (Å²) in [5, 5.41) is 3.53. The molecule has 5 heterocycles. The standard InChI is InChI=1S/C30H26F6N8/c1-43-14-11-37-25(43)17-44-12-8-18(9-13-44)27-41-23-15-19(26-22(29(31,32)33)3-2-10-38-26)4-6-21(23)28(42-27)40-20-5-7-24(39-16-20)30(34,35)36/h2-7,10-11,14-16,18H,8-9,12-13,17H2,1H3,(H,40,41,42). The zero-order chi connectivity index (χ0) is 31.1. The largest absolute Gasteiger partial charge is 0.433 e. The Kier molecular flexibility index (Phi) is 7.70. The van der Waals surface area contributed by atoms with E-state index >= 15 is 0 Å². The highest BCUT2D eigenvalue weighted by molar-refractivity contribution is 5.93. The SMILES string of the molecule is Cn1ccnc1CN1CCC(c2nc(Nc3ccc(C(F)(F)F)nc3)c3ccc(-c4ncccc4C(F)(F)F)cc3n2)CC1. The summed E-state index contributed by atoms with van der Waals surface area (Å²) in [5.74, 6) is 1.70. The molecule has 0 atom stereocenters. The van der Waals surface area contributed by atoms with E-state index < -0.39 is 23.6 Å². The van der Waals surface area contributed by atoms with Crippen molar-refractivity contribution < 1.29 is 26.3 Å². The molecule has 44 heavy (non-hydrogen) atoms. The van der Waals surface area contributed by atoms with Crippen LogP contribution < -0.4 is 5.32 Å². The second-order valence-corrected chi connectivity index (χ2v) is 10.6. The third-order valence-electron chi connectivity index (χ3n) is 7.66. The van der Waals surface area contributed by atoms with Gasteiger partial charge in [-0.1, -0.05) is 6.07 Å². The lowest BCUT2D eigenvalue weighted by molar-refractivity contribution is -0.141. The number of aromatic nitrogens is 6. The normalized spacial score (nSPS) is 15.2. The summed E-state index contributed by atoms with van der Waals surface area (Å²) in [6.45, 7) is 2.21. The predicted molar refractivity (Wildman–Crippen MR) is 151 cm³/mol. The molecule has 0 spiro atoms. The van der Waals surface area contributed by atoms with Gasteiger partial charge < -0.3 is 9.88 Å². The molecule has 8 nitrogen and oxygen atoms in total. The number of pyridine rings is 2. The minimum absolute atomic E-state index is 0.0486. The summed E-state index contributed by atoms with van der Waals surface area (Å²) >= 11 is 0. The third-order valence-corrected chi connectivity index (χ3v) is 7.66. The number of imidazole rings is 1. The van der Waals surface area contributed by atoms with E-state index in [1.807, 2.05) is 17.8 Å². The first-order chi connectivity index (χ1) is 21.0. The first-order valence-electron chi connectivity index (χ1n) is 13.8. The Bertz CT molecular complexity index is 1770. The quantitative estimate of drug-likeness (QED) is 0.207. The molecular weight excluding hydrogens is 586 g/mol. The Morgan fingerprint density at radius 1 is 0.886 bits per heavy atom. The van der Waals surface area contributed by atoms with Gasteiger partial charge in [0.1, 0.15) is 23.2 Å². The lowest BCUT2D eigenvalue weighted by atomic mass is 9.95. The maximum atomic E-state index is 13.8. The summed E-state index contributed by atoms with van der Waals surface area (Å²) in [6, 6.07) is 8.92. The Morgan fingerprint density at radius 3 is 2.34 bits per heavy atom. The van der Waals surface area contributed by atoms with E-state index in [1.54, 1.807) is 12.3 Å². The fourth-order valence-electron chi connectivity index (χ4n) is 5.31. The summed E-state index contributed by atoms with van der Waals surface area (Å²) < 4.78 is 82.5. The number of nitrogens with zero attached hydrogens (tertiary/aromatic N) is 7. The molecule has 1 saturated heterocycles. The number of alkyl halides is 6. The summed E-state index contributed by atoms with van der Waals surface area (Å²) in [4.78, 5) is 23.7. The maximum absolute atomic E-state index is 13.8. The number of likely N-dealkylation sites (tertiary alicyclic amines) is 1. The minimum atomic E-state index is -4.61. The van der Waals surface area contributed by atoms with Crippen LogP contribution in [0.15, 0.2) is 67.3 Å². The number of nitrogens with one attached hydrogen (secondary N) is 1. The average Bonchev–Trinajstić information content (AvgIpc) is 3.40. The Balaban J connectivity index is 1.35. The van der Waals surface area contributed by atoms with Gasteiger partial charge in [-0.15, -0.1) is 0 Å². The first-order valence-corrected chi connectivity index (χ1v) is 13.8. The molecule has 0 unspecified atom stereocenters. The molecule has 1 aliphatic rings. The molecule has 0 radical (unpaired) electrons. The molecule has 1 aromatic carbocycles. The number of anilines is 2. The highest BCUT2D eigenvalue weighted by Gasteiger charge is 2.35. The molecule has 0 amide bonds. The topological polar surface area (TPSA) is 84.7 Å². The van der Waals surface area contributed by atoms with E-state index in [0.717, 1.165) is 50.1 Å². The van der Waals surface area contributed by atoms with Gasteiger partial charge in [0, 0.05) is 42.5 Å². The monoisotopic (exact) mass is 612 g/mol. The van der Waals surface area contributed by atoms with Crippen molar-refractivity contribution in [3.05, 3.63) is 90.2 Å². The van der Waals surface area contributed by atoms with Crippen LogP contribution in [-0.4, -0.2) is 47.5 Å². The Hall–Kier alpha value is -4.59. The van der Waals surface area contributed by atoms with E-state index in [9.17, 15) is 26.3 Å². The highest BCUT2D eigenvalue weighted by Crippen LogP contribution is 2.38. The third kappa shape index (κ3) is 6.20. The van der Waals surface area contributed by atoms with Crippen molar-refractivity contribution in [1.29, 1.82) is 0 Å². The second-order valence-electron chi connectivity index (χ2n) is 10.6. The van der Waals surface area contributed by atoms with E-state index in [4.69, 9.17) is 9.97 Å². The van der Waals surface area contributed by atoms with Crippen LogP contribution in [-0.2, 0) is 25.9 Å². The number of aryl methyl sites for hydroxylation is 1. The zero-order valence-electron chi connectivity index (χ0n) is 23.4. The average molecular weight is 613 g/mol. The molecule has 6 rings (SSSR count). The van der Waals surface area contributed by atoms with E-state index in [2.05, 4.69) is 25.2 Å². The molecule has 0 saturated carbocycles. The number of rotatable bonds is 6. The van der Waals surface area contributed by atoms with Crippen LogP contribution >= 0.6 is 0 Å². The van der Waals surface area contributed by atoms with Crippen LogP contribution in [0.5, 0.6) is 0 Å². The van der Waals surface area contributed by atoms with Crippen molar-refractivity contribution in [2.24, 2.45) is 7.05 Å². The molecule has 1 N–H and O–H groups in total. The van der Waals surface area contributed by atoms with Gasteiger partial charge in [-0.25, -0.2) is 19.9 Å². The van der Waals surface area contributed by atoms with Gasteiger partial charge in [0.15, 0.2) is 0 Å². The van der Waals surface area contributed by atoms with Crippen LogP contribution in [0.1, 0.15) is 41.7 Å². The molecule has 4 aromatic heterocycles. The smallest absolute Gasteiger partial charge is 0.338 e. The summed E-state index contributed by atoms with van der Waals surface area (Å²) in [5.41, 5.74) is -1.27. The number of hydrogen-bond acceptors (Lipinski definition) is 7. The zero-order valence-corrected chi connectivity index (χ0v) is 23.4. The van der Waals surface area contributed by atoms with Crippen molar-refractivity contribution >= 4 is 22.4 Å². The predicted octanol–water partition coefficient (Wildman–Crippen LogP) is 6.98. The fourth-order valence-corrected chi connectivity index (χ4v) is 5.31. The lowest BCUT2D eigenvalue weighted by Gasteiger charge is -2.31. The first kappa shape index (κ1) is 29.5. The molecular formula is C30H26F6N8. The van der Waals surface area contributed by atoms with Crippen molar-refractivity contribution in [2.45, 2.75) is 37.7 Å². The molecule has 0 bridgehead atoms. The van der Waals surface area contributed by atoms with Gasteiger partial charge in [0.2, 0.25) is 0 Å². The molecule has 14 heteroatoms. The van der Waals surface area contributed by atoms with Crippen molar-refractivity contribution in [3.63, 3.8) is 0 Å². The number of fused-ring (bicyclic) bond motifs is 1.